The molecule has 3 aliphatic heterocycles. The largest absolute Gasteiger partial charge is 0.454 e. The number of hydrogen-bond acceptors (Lipinski definition) is 4. The Morgan fingerprint density at radius 2 is 1.64 bits per heavy atom. The van der Waals surface area contributed by atoms with Crippen molar-refractivity contribution in [1.29, 1.82) is 0 Å². The molecule has 0 spiro atoms. The summed E-state index contributed by atoms with van der Waals surface area (Å²) in [7, 11) is 0. The Morgan fingerprint density at radius 3 is 2.46 bits per heavy atom. The predicted octanol–water partition coefficient (Wildman–Crippen LogP) is 3.78. The summed E-state index contributed by atoms with van der Waals surface area (Å²) < 4.78 is 10.8. The first-order chi connectivity index (χ1) is 13.8. The Morgan fingerprint density at radius 1 is 0.893 bits per heavy atom. The van der Waals surface area contributed by atoms with Gasteiger partial charge >= 0.3 is 0 Å². The van der Waals surface area contributed by atoms with Crippen molar-refractivity contribution in [3.05, 3.63) is 48.0 Å². The maximum absolute atomic E-state index is 13.1. The molecule has 1 atom stereocenters. The fourth-order valence-corrected chi connectivity index (χ4v) is 4.60. The average molecular weight is 378 g/mol. The molecule has 2 aromatic carbocycles. The number of rotatable bonds is 4. The smallest absolute Gasteiger partial charge is 0.254 e. The minimum absolute atomic E-state index is 0.166. The van der Waals surface area contributed by atoms with Crippen LogP contribution >= 0.6 is 0 Å². The molecular weight excluding hydrogens is 352 g/mol. The van der Waals surface area contributed by atoms with Gasteiger partial charge in [0.25, 0.3) is 5.91 Å². The van der Waals surface area contributed by atoms with E-state index >= 15 is 0 Å². The molecule has 5 rings (SSSR count). The van der Waals surface area contributed by atoms with Crippen LogP contribution in [0.15, 0.2) is 42.5 Å². The number of carbonyl (C=O) groups is 1. The third-order valence-electron chi connectivity index (χ3n) is 6.14. The summed E-state index contributed by atoms with van der Waals surface area (Å²) >= 11 is 0. The molecule has 3 aliphatic rings. The highest BCUT2D eigenvalue weighted by atomic mass is 16.7. The molecule has 0 aromatic heterocycles. The van der Waals surface area contributed by atoms with Gasteiger partial charge in [0.15, 0.2) is 11.5 Å². The van der Waals surface area contributed by atoms with Gasteiger partial charge in [-0.1, -0.05) is 18.2 Å². The number of likely N-dealkylation sites (tertiary alicyclic amines) is 2. The third-order valence-corrected chi connectivity index (χ3v) is 6.14. The minimum Gasteiger partial charge on any atom is -0.454 e. The van der Waals surface area contributed by atoms with Crippen molar-refractivity contribution in [2.24, 2.45) is 0 Å². The third kappa shape index (κ3) is 3.35. The van der Waals surface area contributed by atoms with E-state index in [9.17, 15) is 4.79 Å². The highest BCUT2D eigenvalue weighted by molar-refractivity contribution is 5.95. The Hall–Kier alpha value is -2.53. The molecule has 2 fully saturated rings. The zero-order valence-electron chi connectivity index (χ0n) is 16.1. The maximum atomic E-state index is 13.1. The lowest BCUT2D eigenvalue weighted by molar-refractivity contribution is 0.0709. The van der Waals surface area contributed by atoms with Gasteiger partial charge < -0.3 is 19.3 Å². The van der Waals surface area contributed by atoms with Crippen LogP contribution in [0.25, 0.3) is 11.1 Å². The first kappa shape index (κ1) is 17.6. The second-order valence-electron chi connectivity index (χ2n) is 7.95. The summed E-state index contributed by atoms with van der Waals surface area (Å²) in [4.78, 5) is 17.7. The summed E-state index contributed by atoms with van der Waals surface area (Å²) in [5.41, 5.74) is 2.92. The van der Waals surface area contributed by atoms with Gasteiger partial charge in [0.1, 0.15) is 0 Å². The van der Waals surface area contributed by atoms with Crippen LogP contribution in [-0.4, -0.2) is 54.7 Å². The van der Waals surface area contributed by atoms with Crippen molar-refractivity contribution in [2.45, 2.75) is 31.7 Å². The van der Waals surface area contributed by atoms with Crippen LogP contribution in [0.4, 0.5) is 0 Å². The number of carbonyl (C=O) groups excluding carboxylic acids is 1. The molecule has 0 unspecified atom stereocenters. The van der Waals surface area contributed by atoms with E-state index in [1.807, 2.05) is 42.5 Å². The van der Waals surface area contributed by atoms with E-state index in [2.05, 4.69) is 9.80 Å². The molecule has 0 bridgehead atoms. The van der Waals surface area contributed by atoms with E-state index in [1.54, 1.807) is 0 Å². The zero-order valence-corrected chi connectivity index (χ0v) is 16.1. The van der Waals surface area contributed by atoms with Crippen LogP contribution in [0.3, 0.4) is 0 Å². The zero-order chi connectivity index (χ0) is 18.9. The van der Waals surface area contributed by atoms with Crippen molar-refractivity contribution in [3.63, 3.8) is 0 Å². The topological polar surface area (TPSA) is 42.0 Å². The van der Waals surface area contributed by atoms with Gasteiger partial charge in [0.2, 0.25) is 6.79 Å². The number of benzene rings is 2. The van der Waals surface area contributed by atoms with Crippen molar-refractivity contribution in [2.75, 3.05) is 33.0 Å². The summed E-state index contributed by atoms with van der Waals surface area (Å²) in [5.74, 6) is 1.73. The molecular formula is C23H26N2O3. The Kier molecular flexibility index (Phi) is 4.69. The van der Waals surface area contributed by atoms with E-state index in [4.69, 9.17) is 9.47 Å². The molecule has 5 nitrogen and oxygen atoms in total. The standard InChI is InChI=1S/C23H26N2O3/c26-23(25-13-3-4-20(25)15-24-11-1-2-12-24)18-7-5-17(6-8-18)19-9-10-21-22(14-19)28-16-27-21/h5-10,14,20H,1-4,11-13,15-16H2/t20-/m0/s1. The number of fused-ring (bicyclic) bond motifs is 1. The van der Waals surface area contributed by atoms with Crippen LogP contribution in [0.5, 0.6) is 11.5 Å². The van der Waals surface area contributed by atoms with E-state index < -0.39 is 0 Å². The second kappa shape index (κ2) is 7.47. The molecule has 0 saturated carbocycles. The summed E-state index contributed by atoms with van der Waals surface area (Å²) in [6.07, 6.45) is 4.82. The van der Waals surface area contributed by atoms with Gasteiger partial charge in [-0.25, -0.2) is 0 Å². The predicted molar refractivity (Wildman–Crippen MR) is 108 cm³/mol. The number of nitrogens with zero attached hydrogens (tertiary/aromatic N) is 2. The van der Waals surface area contributed by atoms with Crippen molar-refractivity contribution in [3.8, 4) is 22.6 Å². The summed E-state index contributed by atoms with van der Waals surface area (Å²) in [6.45, 7) is 4.55. The van der Waals surface area contributed by atoms with Gasteiger partial charge in [-0.15, -0.1) is 0 Å². The second-order valence-corrected chi connectivity index (χ2v) is 7.95. The van der Waals surface area contributed by atoms with Crippen molar-refractivity contribution >= 4 is 5.91 Å². The SMILES string of the molecule is O=C(c1ccc(-c2ccc3c(c2)OCO3)cc1)N1CCC[C@H]1CN1CCCC1. The van der Waals surface area contributed by atoms with Gasteiger partial charge in [-0.3, -0.25) is 4.79 Å². The minimum atomic E-state index is 0.166. The van der Waals surface area contributed by atoms with E-state index in [1.165, 1.54) is 25.9 Å². The Bertz CT molecular complexity index is 859. The Balaban J connectivity index is 1.30. The van der Waals surface area contributed by atoms with Crippen LogP contribution in [0.2, 0.25) is 0 Å². The fourth-order valence-electron chi connectivity index (χ4n) is 4.60. The van der Waals surface area contributed by atoms with Crippen LogP contribution in [0, 0.1) is 0 Å². The van der Waals surface area contributed by atoms with Crippen molar-refractivity contribution in [1.82, 2.24) is 9.80 Å². The van der Waals surface area contributed by atoms with E-state index in [0.29, 0.717) is 6.04 Å². The lowest BCUT2D eigenvalue weighted by Crippen LogP contribution is -2.42. The van der Waals surface area contributed by atoms with E-state index in [0.717, 1.165) is 54.1 Å². The van der Waals surface area contributed by atoms with Gasteiger partial charge in [-0.05, 0) is 74.2 Å². The maximum Gasteiger partial charge on any atom is 0.254 e. The summed E-state index contributed by atoms with van der Waals surface area (Å²) in [5, 5.41) is 0. The van der Waals surface area contributed by atoms with Crippen LogP contribution in [-0.2, 0) is 0 Å². The highest BCUT2D eigenvalue weighted by Gasteiger charge is 2.31. The lowest BCUT2D eigenvalue weighted by Gasteiger charge is -2.28. The first-order valence-electron chi connectivity index (χ1n) is 10.3. The summed E-state index contributed by atoms with van der Waals surface area (Å²) in [6, 6.07) is 14.3. The molecule has 1 amide bonds. The molecule has 0 radical (unpaired) electrons. The molecule has 2 aromatic rings. The number of ether oxygens (including phenoxy) is 2. The quantitative estimate of drug-likeness (QED) is 0.812. The molecule has 5 heteroatoms. The van der Waals surface area contributed by atoms with Gasteiger partial charge in [0.05, 0.1) is 0 Å². The Labute approximate surface area is 165 Å². The molecule has 3 heterocycles. The number of amides is 1. The normalized spacial score (nSPS) is 21.4. The fraction of sp³-hybridized carbons (Fsp3) is 0.435. The first-order valence-corrected chi connectivity index (χ1v) is 10.3. The van der Waals surface area contributed by atoms with Crippen LogP contribution < -0.4 is 9.47 Å². The molecule has 2 saturated heterocycles. The highest BCUT2D eigenvalue weighted by Crippen LogP contribution is 2.36. The van der Waals surface area contributed by atoms with Crippen LogP contribution in [0.1, 0.15) is 36.0 Å². The molecule has 146 valence electrons. The monoisotopic (exact) mass is 378 g/mol. The van der Waals surface area contributed by atoms with Gasteiger partial charge in [0, 0.05) is 24.7 Å². The number of hydrogen-bond donors (Lipinski definition) is 0. The molecule has 0 aliphatic carbocycles. The van der Waals surface area contributed by atoms with Crippen molar-refractivity contribution < 1.29 is 14.3 Å². The average Bonchev–Trinajstić information content (AvgIpc) is 3.49. The lowest BCUT2D eigenvalue weighted by atomic mass is 10.0. The van der Waals surface area contributed by atoms with E-state index in [-0.39, 0.29) is 12.7 Å². The molecule has 28 heavy (non-hydrogen) atoms. The molecule has 0 N–H and O–H groups in total. The van der Waals surface area contributed by atoms with Gasteiger partial charge in [-0.2, -0.15) is 0 Å².